The molecular weight excluding hydrogens is 216 g/mol. The Balaban J connectivity index is 2.32. The molecule has 0 bridgehead atoms. The molecule has 0 saturated carbocycles. The highest BCUT2D eigenvalue weighted by atomic mass is 35.5. The van der Waals surface area contributed by atoms with Gasteiger partial charge in [0.1, 0.15) is 0 Å². The molecule has 0 radical (unpaired) electrons. The van der Waals surface area contributed by atoms with Crippen molar-refractivity contribution in [3.8, 4) is 0 Å². The smallest absolute Gasteiger partial charge is 0.188 e. The van der Waals surface area contributed by atoms with E-state index in [4.69, 9.17) is 11.6 Å². The highest BCUT2D eigenvalue weighted by Crippen LogP contribution is 2.16. The third kappa shape index (κ3) is 2.16. The minimum absolute atomic E-state index is 0.626. The number of hydrogen-bond donors (Lipinski definition) is 0. The minimum atomic E-state index is 0.626. The molecule has 0 saturated heterocycles. The molecule has 0 atom stereocenters. The van der Waals surface area contributed by atoms with Crippen molar-refractivity contribution < 1.29 is 0 Å². The van der Waals surface area contributed by atoms with Gasteiger partial charge in [0.15, 0.2) is 5.16 Å². The van der Waals surface area contributed by atoms with Crippen LogP contribution in [0.4, 0.5) is 0 Å². The Bertz CT molecular complexity index is 433. The van der Waals surface area contributed by atoms with E-state index in [1.165, 1.54) is 0 Å². The summed E-state index contributed by atoms with van der Waals surface area (Å²) in [6, 6.07) is 7.95. The Kier molecular flexibility index (Phi) is 3.22. The number of benzene rings is 1. The van der Waals surface area contributed by atoms with E-state index in [0.717, 1.165) is 21.8 Å². The van der Waals surface area contributed by atoms with Gasteiger partial charge in [-0.3, -0.25) is 0 Å². The lowest BCUT2D eigenvalue weighted by Gasteiger charge is -1.99. The molecule has 0 N–H and O–H groups in total. The van der Waals surface area contributed by atoms with E-state index in [0.29, 0.717) is 5.88 Å². The van der Waals surface area contributed by atoms with Crippen LogP contribution in [-0.2, 0) is 0 Å². The van der Waals surface area contributed by atoms with Crippen molar-refractivity contribution >= 4 is 34.3 Å². The third-order valence-corrected chi connectivity index (χ3v) is 3.05. The first-order valence-corrected chi connectivity index (χ1v) is 5.83. The molecule has 1 aromatic heterocycles. The van der Waals surface area contributed by atoms with Crippen LogP contribution in [0.2, 0.25) is 0 Å². The molecule has 4 heteroatoms. The number of aromatic nitrogens is 2. The maximum Gasteiger partial charge on any atom is 0.188 e. The van der Waals surface area contributed by atoms with Crippen molar-refractivity contribution in [3.63, 3.8) is 0 Å². The van der Waals surface area contributed by atoms with Crippen LogP contribution in [0.25, 0.3) is 10.9 Å². The Morgan fingerprint density at radius 3 is 3.00 bits per heavy atom. The second kappa shape index (κ2) is 4.62. The van der Waals surface area contributed by atoms with Crippen molar-refractivity contribution in [2.45, 2.75) is 5.16 Å². The van der Waals surface area contributed by atoms with Gasteiger partial charge in [0, 0.05) is 23.2 Å². The van der Waals surface area contributed by atoms with Gasteiger partial charge in [-0.2, -0.15) is 0 Å². The molecular formula is C10H9ClN2S. The summed E-state index contributed by atoms with van der Waals surface area (Å²) in [5, 5.41) is 1.87. The van der Waals surface area contributed by atoms with Crippen molar-refractivity contribution in [2.75, 3.05) is 11.6 Å². The van der Waals surface area contributed by atoms with Crippen LogP contribution in [0.1, 0.15) is 0 Å². The predicted octanol–water partition coefficient (Wildman–Crippen LogP) is 2.96. The Morgan fingerprint density at radius 2 is 2.14 bits per heavy atom. The second-order valence-corrected chi connectivity index (χ2v) is 4.19. The zero-order valence-corrected chi connectivity index (χ0v) is 9.05. The fraction of sp³-hybridized carbons (Fsp3) is 0.200. The van der Waals surface area contributed by atoms with E-state index in [1.54, 1.807) is 11.8 Å². The van der Waals surface area contributed by atoms with Crippen LogP contribution in [0, 0.1) is 0 Å². The standard InChI is InChI=1S/C10H9ClN2S/c11-5-6-14-10-12-7-8-3-1-2-4-9(8)13-10/h1-4,7H,5-6H2. The van der Waals surface area contributed by atoms with Gasteiger partial charge in [-0.15, -0.1) is 11.6 Å². The fourth-order valence-electron chi connectivity index (χ4n) is 1.15. The third-order valence-electron chi connectivity index (χ3n) is 1.78. The number of alkyl halides is 1. The topological polar surface area (TPSA) is 25.8 Å². The van der Waals surface area contributed by atoms with Crippen molar-refractivity contribution in [1.82, 2.24) is 9.97 Å². The average molecular weight is 225 g/mol. The molecule has 0 unspecified atom stereocenters. The van der Waals surface area contributed by atoms with Gasteiger partial charge < -0.3 is 0 Å². The van der Waals surface area contributed by atoms with E-state index in [1.807, 2.05) is 30.5 Å². The number of rotatable bonds is 3. The lowest BCUT2D eigenvalue weighted by Crippen LogP contribution is -1.89. The van der Waals surface area contributed by atoms with Gasteiger partial charge >= 0.3 is 0 Å². The lowest BCUT2D eigenvalue weighted by atomic mass is 10.2. The highest BCUT2D eigenvalue weighted by Gasteiger charge is 1.98. The van der Waals surface area contributed by atoms with Crippen LogP contribution >= 0.6 is 23.4 Å². The molecule has 14 heavy (non-hydrogen) atoms. The molecule has 72 valence electrons. The largest absolute Gasteiger partial charge is 0.230 e. The Hall–Kier alpha value is -0.800. The summed E-state index contributed by atoms with van der Waals surface area (Å²) in [4.78, 5) is 8.64. The fourth-order valence-corrected chi connectivity index (χ4v) is 1.94. The van der Waals surface area contributed by atoms with Crippen molar-refractivity contribution in [1.29, 1.82) is 0 Å². The van der Waals surface area contributed by atoms with E-state index in [9.17, 15) is 0 Å². The molecule has 0 aliphatic carbocycles. The van der Waals surface area contributed by atoms with Crippen LogP contribution in [0.5, 0.6) is 0 Å². The SMILES string of the molecule is ClCCSc1ncc2ccccc2n1. The zero-order chi connectivity index (χ0) is 9.80. The number of thioether (sulfide) groups is 1. The number of halogens is 1. The highest BCUT2D eigenvalue weighted by molar-refractivity contribution is 7.99. The second-order valence-electron chi connectivity index (χ2n) is 2.75. The van der Waals surface area contributed by atoms with E-state index in [2.05, 4.69) is 9.97 Å². The molecule has 2 nitrogen and oxygen atoms in total. The molecule has 0 fully saturated rings. The number of fused-ring (bicyclic) bond motifs is 1. The van der Waals surface area contributed by atoms with E-state index >= 15 is 0 Å². The Morgan fingerprint density at radius 1 is 1.29 bits per heavy atom. The van der Waals surface area contributed by atoms with Crippen LogP contribution in [0.3, 0.4) is 0 Å². The molecule has 0 amide bonds. The first kappa shape index (κ1) is 9.74. The summed E-state index contributed by atoms with van der Waals surface area (Å²) in [6.07, 6.45) is 1.85. The predicted molar refractivity (Wildman–Crippen MR) is 61.0 cm³/mol. The lowest BCUT2D eigenvalue weighted by molar-refractivity contribution is 1.00. The van der Waals surface area contributed by atoms with Crippen molar-refractivity contribution in [3.05, 3.63) is 30.5 Å². The van der Waals surface area contributed by atoms with E-state index in [-0.39, 0.29) is 0 Å². The summed E-state index contributed by atoms with van der Waals surface area (Å²) in [5.74, 6) is 1.47. The average Bonchev–Trinajstić information content (AvgIpc) is 2.26. The molecule has 2 aromatic rings. The van der Waals surface area contributed by atoms with Gasteiger partial charge in [0.05, 0.1) is 5.52 Å². The summed E-state index contributed by atoms with van der Waals surface area (Å²) < 4.78 is 0. The summed E-state index contributed by atoms with van der Waals surface area (Å²) in [6.45, 7) is 0. The zero-order valence-electron chi connectivity index (χ0n) is 7.48. The maximum atomic E-state index is 5.59. The van der Waals surface area contributed by atoms with Crippen LogP contribution in [0.15, 0.2) is 35.6 Å². The van der Waals surface area contributed by atoms with Crippen LogP contribution < -0.4 is 0 Å². The van der Waals surface area contributed by atoms with Gasteiger partial charge in [-0.05, 0) is 6.07 Å². The first-order valence-electron chi connectivity index (χ1n) is 4.31. The summed E-state index contributed by atoms with van der Waals surface area (Å²) in [5.41, 5.74) is 0.986. The van der Waals surface area contributed by atoms with Gasteiger partial charge in [-0.1, -0.05) is 30.0 Å². The molecule has 0 aliphatic rings. The first-order chi connectivity index (χ1) is 6.90. The molecule has 1 aromatic carbocycles. The molecule has 1 heterocycles. The normalized spacial score (nSPS) is 10.6. The van der Waals surface area contributed by atoms with E-state index < -0.39 is 0 Å². The monoisotopic (exact) mass is 224 g/mol. The molecule has 0 spiro atoms. The Labute approximate surface area is 91.7 Å². The maximum absolute atomic E-state index is 5.59. The number of hydrogen-bond acceptors (Lipinski definition) is 3. The van der Waals surface area contributed by atoms with Crippen LogP contribution in [-0.4, -0.2) is 21.6 Å². The minimum Gasteiger partial charge on any atom is -0.230 e. The summed E-state index contributed by atoms with van der Waals surface area (Å²) in [7, 11) is 0. The molecule has 2 rings (SSSR count). The number of nitrogens with zero attached hydrogens (tertiary/aromatic N) is 2. The van der Waals surface area contributed by atoms with Gasteiger partial charge in [0.2, 0.25) is 0 Å². The molecule has 0 aliphatic heterocycles. The van der Waals surface area contributed by atoms with Gasteiger partial charge in [0.25, 0.3) is 0 Å². The van der Waals surface area contributed by atoms with Crippen molar-refractivity contribution in [2.24, 2.45) is 0 Å². The van der Waals surface area contributed by atoms with Gasteiger partial charge in [-0.25, -0.2) is 9.97 Å². The number of para-hydroxylation sites is 1. The quantitative estimate of drug-likeness (QED) is 0.456. The summed E-state index contributed by atoms with van der Waals surface area (Å²) >= 11 is 7.17.